The van der Waals surface area contributed by atoms with E-state index in [4.69, 9.17) is 4.74 Å². The lowest BCUT2D eigenvalue weighted by molar-refractivity contribution is -0.142. The smallest absolute Gasteiger partial charge is 0.243 e. The van der Waals surface area contributed by atoms with E-state index in [0.29, 0.717) is 11.4 Å². The lowest BCUT2D eigenvalue weighted by atomic mass is 10.00. The van der Waals surface area contributed by atoms with E-state index in [1.807, 2.05) is 51.1 Å². The van der Waals surface area contributed by atoms with Crippen molar-refractivity contribution in [2.45, 2.75) is 58.2 Å². The van der Waals surface area contributed by atoms with Gasteiger partial charge in [0.25, 0.3) is 0 Å². The monoisotopic (exact) mass is 597 g/mol. The molecule has 42 heavy (non-hydrogen) atoms. The summed E-state index contributed by atoms with van der Waals surface area (Å²) in [6.07, 6.45) is 1.47. The molecule has 0 heterocycles. The van der Waals surface area contributed by atoms with Gasteiger partial charge in [0.2, 0.25) is 21.8 Å². The van der Waals surface area contributed by atoms with E-state index in [0.717, 1.165) is 11.8 Å². The Morgan fingerprint density at radius 1 is 0.952 bits per heavy atom. The molecule has 0 aliphatic carbocycles. The molecule has 1 N–H and O–H groups in total. The van der Waals surface area contributed by atoms with Crippen LogP contribution in [0.2, 0.25) is 0 Å². The molecule has 0 saturated carbocycles. The molecule has 3 aromatic carbocycles. The normalized spacial score (nSPS) is 12.3. The van der Waals surface area contributed by atoms with E-state index in [9.17, 15) is 22.4 Å². The number of halogens is 1. The summed E-state index contributed by atoms with van der Waals surface area (Å²) < 4.78 is 46.4. The van der Waals surface area contributed by atoms with Crippen molar-refractivity contribution >= 4 is 27.5 Å². The third-order valence-electron chi connectivity index (χ3n) is 6.58. The van der Waals surface area contributed by atoms with Crippen molar-refractivity contribution in [3.63, 3.8) is 0 Å². The van der Waals surface area contributed by atoms with Crippen LogP contribution in [0.15, 0.2) is 78.9 Å². The van der Waals surface area contributed by atoms with Gasteiger partial charge in [-0.3, -0.25) is 13.9 Å². The molecule has 226 valence electrons. The second-order valence-electron chi connectivity index (χ2n) is 11.2. The third kappa shape index (κ3) is 9.58. The molecule has 0 bridgehead atoms. The van der Waals surface area contributed by atoms with Gasteiger partial charge in [-0.15, -0.1) is 0 Å². The van der Waals surface area contributed by atoms with E-state index in [1.165, 1.54) is 22.4 Å². The predicted octanol–water partition coefficient (Wildman–Crippen LogP) is 4.94. The molecule has 8 nitrogen and oxygen atoms in total. The van der Waals surface area contributed by atoms with Gasteiger partial charge in [-0.2, -0.15) is 0 Å². The van der Waals surface area contributed by atoms with Crippen molar-refractivity contribution in [3.8, 4) is 5.75 Å². The second-order valence-corrected chi connectivity index (χ2v) is 13.1. The Balaban J connectivity index is 1.90. The predicted molar refractivity (Wildman–Crippen MR) is 163 cm³/mol. The number of nitrogens with one attached hydrogen (secondary N) is 1. The van der Waals surface area contributed by atoms with Crippen molar-refractivity contribution in [3.05, 3.63) is 95.8 Å². The number of carbonyl (C=O) groups excluding carboxylic acids is 2. The molecular weight excluding hydrogens is 557 g/mol. The van der Waals surface area contributed by atoms with E-state index in [1.54, 1.807) is 42.5 Å². The largest absolute Gasteiger partial charge is 0.497 e. The van der Waals surface area contributed by atoms with Crippen molar-refractivity contribution in [2.75, 3.05) is 24.2 Å². The quantitative estimate of drug-likeness (QED) is 0.301. The first-order chi connectivity index (χ1) is 19.8. The minimum absolute atomic E-state index is 0.0436. The van der Waals surface area contributed by atoms with Crippen LogP contribution in [0.5, 0.6) is 5.75 Å². The Labute approximate surface area is 248 Å². The summed E-state index contributed by atoms with van der Waals surface area (Å²) >= 11 is 0. The first-order valence-electron chi connectivity index (χ1n) is 13.8. The Kier molecular flexibility index (Phi) is 11.1. The molecule has 0 aliphatic heterocycles. The number of ether oxygens (including phenoxy) is 1. The summed E-state index contributed by atoms with van der Waals surface area (Å²) in [4.78, 5) is 28.9. The average Bonchev–Trinajstić information content (AvgIpc) is 2.93. The highest BCUT2D eigenvalue weighted by Gasteiger charge is 2.32. The van der Waals surface area contributed by atoms with Gasteiger partial charge < -0.3 is 15.0 Å². The van der Waals surface area contributed by atoms with Crippen LogP contribution in [0.4, 0.5) is 10.1 Å². The van der Waals surface area contributed by atoms with E-state index in [-0.39, 0.29) is 49.7 Å². The Morgan fingerprint density at radius 2 is 1.57 bits per heavy atom. The van der Waals surface area contributed by atoms with Gasteiger partial charge in [0, 0.05) is 37.0 Å². The minimum Gasteiger partial charge on any atom is -0.497 e. The third-order valence-corrected chi connectivity index (χ3v) is 7.77. The molecule has 3 rings (SSSR count). The van der Waals surface area contributed by atoms with Gasteiger partial charge in [-0.05, 0) is 63.1 Å². The molecule has 10 heteroatoms. The molecule has 3 aromatic rings. The molecule has 0 unspecified atom stereocenters. The standard InChI is InChI=1S/C32H40FN3O5S/c1-32(2,3)34-31(38)29(22-24-12-7-6-8-13-24)35(23-25-14-9-10-15-28(25)33)30(37)16-11-21-36(42(5,39)40)26-17-19-27(41-4)20-18-26/h6-10,12-15,17-20,29H,11,16,21-23H2,1-5H3,(H,34,38)/t29-/m0/s1. The van der Waals surface area contributed by atoms with Gasteiger partial charge in [-0.25, -0.2) is 12.8 Å². The number of anilines is 1. The number of hydrogen-bond donors (Lipinski definition) is 1. The maximum absolute atomic E-state index is 14.8. The van der Waals surface area contributed by atoms with Crippen LogP contribution >= 0.6 is 0 Å². The lowest BCUT2D eigenvalue weighted by Crippen LogP contribution is -2.54. The van der Waals surface area contributed by atoms with E-state index < -0.39 is 27.4 Å². The molecule has 0 spiro atoms. The molecule has 0 aromatic heterocycles. The van der Waals surface area contributed by atoms with Crippen LogP contribution < -0.4 is 14.4 Å². The Morgan fingerprint density at radius 3 is 2.14 bits per heavy atom. The van der Waals surface area contributed by atoms with Crippen LogP contribution in [-0.2, 0) is 32.6 Å². The summed E-state index contributed by atoms with van der Waals surface area (Å²) in [6.45, 7) is 5.49. The van der Waals surface area contributed by atoms with E-state index >= 15 is 0 Å². The fourth-order valence-electron chi connectivity index (χ4n) is 4.57. The summed E-state index contributed by atoms with van der Waals surface area (Å²) in [6, 6.07) is 21.2. The number of benzene rings is 3. The Hall–Kier alpha value is -3.92. The lowest BCUT2D eigenvalue weighted by Gasteiger charge is -2.34. The maximum atomic E-state index is 14.8. The van der Waals surface area contributed by atoms with E-state index in [2.05, 4.69) is 5.32 Å². The zero-order chi connectivity index (χ0) is 30.9. The van der Waals surface area contributed by atoms with Gasteiger partial charge in [0.05, 0.1) is 19.1 Å². The van der Waals surface area contributed by atoms with Crippen molar-refractivity contribution in [2.24, 2.45) is 0 Å². The summed E-state index contributed by atoms with van der Waals surface area (Å²) in [7, 11) is -2.12. The highest BCUT2D eigenvalue weighted by atomic mass is 32.2. The fraction of sp³-hybridized carbons (Fsp3) is 0.375. The summed E-state index contributed by atoms with van der Waals surface area (Å²) in [5, 5.41) is 2.98. The number of amides is 2. The van der Waals surface area contributed by atoms with Gasteiger partial charge in [-0.1, -0.05) is 48.5 Å². The first kappa shape index (κ1) is 32.6. The van der Waals surface area contributed by atoms with Gasteiger partial charge in [0.15, 0.2) is 0 Å². The minimum atomic E-state index is -3.65. The molecule has 0 radical (unpaired) electrons. The highest BCUT2D eigenvalue weighted by molar-refractivity contribution is 7.92. The van der Waals surface area contributed by atoms with Crippen LogP contribution in [0.1, 0.15) is 44.7 Å². The van der Waals surface area contributed by atoms with Crippen molar-refractivity contribution < 1.29 is 27.1 Å². The molecular formula is C32H40FN3O5S. The highest BCUT2D eigenvalue weighted by Crippen LogP contribution is 2.23. The van der Waals surface area contributed by atoms with Crippen molar-refractivity contribution in [1.29, 1.82) is 0 Å². The van der Waals surface area contributed by atoms with Crippen LogP contribution in [0, 0.1) is 5.82 Å². The van der Waals surface area contributed by atoms with Crippen LogP contribution in [0.25, 0.3) is 0 Å². The number of hydrogen-bond acceptors (Lipinski definition) is 5. The van der Waals surface area contributed by atoms with Crippen LogP contribution in [0.3, 0.4) is 0 Å². The average molecular weight is 598 g/mol. The SMILES string of the molecule is COc1ccc(N(CCCC(=O)N(Cc2ccccc2F)[C@@H](Cc2ccccc2)C(=O)NC(C)(C)C)S(C)(=O)=O)cc1. The second kappa shape index (κ2) is 14.3. The number of carbonyl (C=O) groups is 2. The zero-order valence-electron chi connectivity index (χ0n) is 24.8. The number of nitrogens with zero attached hydrogens (tertiary/aromatic N) is 2. The molecule has 0 saturated heterocycles. The number of sulfonamides is 1. The topological polar surface area (TPSA) is 96.0 Å². The fourth-order valence-corrected chi connectivity index (χ4v) is 5.53. The van der Waals surface area contributed by atoms with Gasteiger partial charge in [0.1, 0.15) is 17.6 Å². The molecule has 1 atom stereocenters. The number of rotatable bonds is 13. The summed E-state index contributed by atoms with van der Waals surface area (Å²) in [5.41, 5.74) is 1.01. The Bertz CT molecular complexity index is 1440. The zero-order valence-corrected chi connectivity index (χ0v) is 25.7. The van der Waals surface area contributed by atoms with Crippen LogP contribution in [-0.4, -0.2) is 56.6 Å². The molecule has 0 fully saturated rings. The number of methoxy groups -OCH3 is 1. The molecule has 2 amide bonds. The van der Waals surface area contributed by atoms with Crippen molar-refractivity contribution in [1.82, 2.24) is 10.2 Å². The summed E-state index contributed by atoms with van der Waals surface area (Å²) in [5.74, 6) is -0.629. The first-order valence-corrected chi connectivity index (χ1v) is 15.6. The maximum Gasteiger partial charge on any atom is 0.243 e. The van der Waals surface area contributed by atoms with Gasteiger partial charge >= 0.3 is 0 Å². The molecule has 0 aliphatic rings.